The lowest BCUT2D eigenvalue weighted by molar-refractivity contribution is 0.0297. The molecule has 1 aliphatic heterocycles. The number of aromatic nitrogens is 2. The molecular weight excluding hydrogens is 392 g/mol. The maximum absolute atomic E-state index is 13.3. The van der Waals surface area contributed by atoms with Crippen molar-refractivity contribution < 1.29 is 14.3 Å². The molecule has 1 amide bonds. The number of morpholine rings is 1. The highest BCUT2D eigenvalue weighted by molar-refractivity contribution is 5.94. The number of rotatable bonds is 7. The third kappa shape index (κ3) is 4.67. The monoisotopic (exact) mass is 424 g/mol. The molecule has 7 nitrogen and oxygen atoms in total. The van der Waals surface area contributed by atoms with E-state index in [9.17, 15) is 4.79 Å². The van der Waals surface area contributed by atoms with Gasteiger partial charge in [-0.25, -0.2) is 0 Å². The van der Waals surface area contributed by atoms with Crippen molar-refractivity contribution in [1.29, 1.82) is 0 Å². The fraction of sp³-hybridized carbons (Fsp3) is 0.500. The molecule has 4 rings (SSSR count). The minimum atomic E-state index is 0.0264. The third-order valence-electron chi connectivity index (χ3n) is 6.31. The molecule has 0 N–H and O–H groups in total. The van der Waals surface area contributed by atoms with Gasteiger partial charge in [-0.1, -0.05) is 18.2 Å². The minimum absolute atomic E-state index is 0.0264. The molecular formula is C24H32N4O3. The van der Waals surface area contributed by atoms with E-state index in [1.54, 1.807) is 7.11 Å². The van der Waals surface area contributed by atoms with Gasteiger partial charge in [-0.15, -0.1) is 6.58 Å². The van der Waals surface area contributed by atoms with E-state index in [-0.39, 0.29) is 5.91 Å². The van der Waals surface area contributed by atoms with Crippen molar-refractivity contribution in [2.24, 2.45) is 0 Å². The number of hydrogen-bond acceptors (Lipinski definition) is 5. The molecule has 1 fully saturated rings. The van der Waals surface area contributed by atoms with Crippen LogP contribution in [0.15, 0.2) is 36.9 Å². The molecule has 7 heteroatoms. The smallest absolute Gasteiger partial charge is 0.274 e. The zero-order valence-electron chi connectivity index (χ0n) is 18.5. The van der Waals surface area contributed by atoms with Crippen LogP contribution in [0.5, 0.6) is 5.75 Å². The molecule has 0 bridgehead atoms. The second kappa shape index (κ2) is 9.66. The van der Waals surface area contributed by atoms with Crippen molar-refractivity contribution in [2.75, 3.05) is 40.5 Å². The maximum atomic E-state index is 13.3. The molecule has 0 unspecified atom stereocenters. The summed E-state index contributed by atoms with van der Waals surface area (Å²) in [6.45, 7) is 7.76. The van der Waals surface area contributed by atoms with E-state index in [0.29, 0.717) is 44.6 Å². The van der Waals surface area contributed by atoms with Crippen molar-refractivity contribution in [3.63, 3.8) is 0 Å². The Hall–Kier alpha value is -2.64. The van der Waals surface area contributed by atoms with Crippen LogP contribution >= 0.6 is 0 Å². The Kier molecular flexibility index (Phi) is 6.73. The first-order valence-electron chi connectivity index (χ1n) is 11.0. The van der Waals surface area contributed by atoms with Gasteiger partial charge in [0, 0.05) is 36.9 Å². The minimum Gasteiger partial charge on any atom is -0.497 e. The van der Waals surface area contributed by atoms with Gasteiger partial charge >= 0.3 is 0 Å². The van der Waals surface area contributed by atoms with Gasteiger partial charge < -0.3 is 14.4 Å². The standard InChI is InChI=1S/C24H32N4O3/c1-4-10-28-22-9-8-19(26(2)17-18-6-5-7-20(15-18)30-3)16-21(22)23(25-28)24(29)27-11-13-31-14-12-27/h4-7,15,19H,1,8-14,16-17H2,2-3H3/t19-/m0/s1. The van der Waals surface area contributed by atoms with Crippen LogP contribution in [-0.2, 0) is 30.7 Å². The number of carbonyl (C=O) groups is 1. The molecule has 1 atom stereocenters. The highest BCUT2D eigenvalue weighted by atomic mass is 16.5. The lowest BCUT2D eigenvalue weighted by Crippen LogP contribution is -2.42. The quantitative estimate of drug-likeness (QED) is 0.640. The topological polar surface area (TPSA) is 59.8 Å². The Morgan fingerprint density at radius 2 is 2.19 bits per heavy atom. The van der Waals surface area contributed by atoms with Gasteiger partial charge in [0.1, 0.15) is 5.75 Å². The van der Waals surface area contributed by atoms with Crippen molar-refractivity contribution in [3.8, 4) is 5.75 Å². The van der Waals surface area contributed by atoms with E-state index in [4.69, 9.17) is 14.6 Å². The number of carbonyl (C=O) groups excluding carboxylic acids is 1. The largest absolute Gasteiger partial charge is 0.497 e. The maximum Gasteiger partial charge on any atom is 0.274 e. The van der Waals surface area contributed by atoms with E-state index in [1.807, 2.05) is 27.8 Å². The number of fused-ring (bicyclic) bond motifs is 1. The highest BCUT2D eigenvalue weighted by Crippen LogP contribution is 2.29. The lowest BCUT2D eigenvalue weighted by Gasteiger charge is -2.32. The number of hydrogen-bond donors (Lipinski definition) is 0. The van der Waals surface area contributed by atoms with Gasteiger partial charge in [-0.3, -0.25) is 14.4 Å². The average Bonchev–Trinajstić information content (AvgIpc) is 3.17. The summed E-state index contributed by atoms with van der Waals surface area (Å²) in [5.74, 6) is 0.902. The van der Waals surface area contributed by atoms with Gasteiger partial charge in [0.05, 0.1) is 26.9 Å². The van der Waals surface area contributed by atoms with Crippen LogP contribution in [0.3, 0.4) is 0 Å². The predicted octanol–water partition coefficient (Wildman–Crippen LogP) is 2.54. The van der Waals surface area contributed by atoms with E-state index in [0.717, 1.165) is 37.1 Å². The molecule has 2 heterocycles. The summed E-state index contributed by atoms with van der Waals surface area (Å²) in [7, 11) is 3.85. The van der Waals surface area contributed by atoms with Crippen LogP contribution in [-0.4, -0.2) is 72.0 Å². The summed E-state index contributed by atoms with van der Waals surface area (Å²) in [5.41, 5.74) is 4.12. The number of allylic oxidation sites excluding steroid dienone is 1. The van der Waals surface area contributed by atoms with Crippen molar-refractivity contribution in [3.05, 3.63) is 59.4 Å². The summed E-state index contributed by atoms with van der Waals surface area (Å²) in [6.07, 6.45) is 4.64. The summed E-state index contributed by atoms with van der Waals surface area (Å²) in [6, 6.07) is 8.56. The second-order valence-electron chi connectivity index (χ2n) is 8.31. The fourth-order valence-electron chi connectivity index (χ4n) is 4.59. The Morgan fingerprint density at radius 3 is 2.94 bits per heavy atom. The number of nitrogens with zero attached hydrogens (tertiary/aromatic N) is 4. The van der Waals surface area contributed by atoms with Crippen LogP contribution in [0.4, 0.5) is 0 Å². The average molecular weight is 425 g/mol. The summed E-state index contributed by atoms with van der Waals surface area (Å²) in [5, 5.41) is 4.74. The normalized spacial score (nSPS) is 18.7. The molecule has 2 aromatic rings. The fourth-order valence-corrected chi connectivity index (χ4v) is 4.59. The van der Waals surface area contributed by atoms with Crippen LogP contribution in [0.25, 0.3) is 0 Å². The Labute approximate surface area is 184 Å². The molecule has 1 aromatic carbocycles. The number of methoxy groups -OCH3 is 1. The van der Waals surface area contributed by atoms with Gasteiger partial charge in [-0.05, 0) is 44.0 Å². The third-order valence-corrected chi connectivity index (χ3v) is 6.31. The van der Waals surface area contributed by atoms with Crippen LogP contribution in [0.1, 0.15) is 33.7 Å². The SMILES string of the molecule is C=CCn1nc(C(=O)N2CCOCC2)c2c1CC[C@H](N(C)Cc1cccc(OC)c1)C2. The molecule has 0 saturated carbocycles. The molecule has 1 aromatic heterocycles. The zero-order chi connectivity index (χ0) is 21.8. The molecule has 31 heavy (non-hydrogen) atoms. The second-order valence-corrected chi connectivity index (χ2v) is 8.31. The molecule has 2 aliphatic rings. The molecule has 166 valence electrons. The number of benzene rings is 1. The Balaban J connectivity index is 1.54. The van der Waals surface area contributed by atoms with Gasteiger partial charge in [0.2, 0.25) is 0 Å². The molecule has 0 radical (unpaired) electrons. The van der Waals surface area contributed by atoms with E-state index in [2.05, 4.69) is 30.7 Å². The molecule has 0 spiro atoms. The van der Waals surface area contributed by atoms with Crippen LogP contribution < -0.4 is 4.74 Å². The van der Waals surface area contributed by atoms with Crippen molar-refractivity contribution in [1.82, 2.24) is 19.6 Å². The number of ether oxygens (including phenoxy) is 2. The Bertz CT molecular complexity index is 933. The molecule has 1 aliphatic carbocycles. The highest BCUT2D eigenvalue weighted by Gasteiger charge is 2.32. The molecule has 1 saturated heterocycles. The van der Waals surface area contributed by atoms with E-state index in [1.165, 1.54) is 11.3 Å². The van der Waals surface area contributed by atoms with Crippen molar-refractivity contribution >= 4 is 5.91 Å². The van der Waals surface area contributed by atoms with Gasteiger partial charge in [-0.2, -0.15) is 5.10 Å². The first kappa shape index (κ1) is 21.6. The zero-order valence-corrected chi connectivity index (χ0v) is 18.5. The Morgan fingerprint density at radius 1 is 1.39 bits per heavy atom. The lowest BCUT2D eigenvalue weighted by atomic mass is 9.90. The number of likely N-dealkylation sites (N-methyl/N-ethyl adjacent to an activating group) is 1. The first-order chi connectivity index (χ1) is 15.1. The van der Waals surface area contributed by atoms with Crippen LogP contribution in [0, 0.1) is 0 Å². The van der Waals surface area contributed by atoms with Gasteiger partial charge in [0.25, 0.3) is 5.91 Å². The number of amides is 1. The van der Waals surface area contributed by atoms with E-state index < -0.39 is 0 Å². The summed E-state index contributed by atoms with van der Waals surface area (Å²) < 4.78 is 12.7. The summed E-state index contributed by atoms with van der Waals surface area (Å²) in [4.78, 5) is 17.5. The predicted molar refractivity (Wildman–Crippen MR) is 119 cm³/mol. The van der Waals surface area contributed by atoms with Crippen LogP contribution in [0.2, 0.25) is 0 Å². The first-order valence-corrected chi connectivity index (χ1v) is 11.0. The van der Waals surface area contributed by atoms with Crippen molar-refractivity contribution in [2.45, 2.75) is 38.4 Å². The van der Waals surface area contributed by atoms with Gasteiger partial charge in [0.15, 0.2) is 5.69 Å². The summed E-state index contributed by atoms with van der Waals surface area (Å²) >= 11 is 0. The van der Waals surface area contributed by atoms with E-state index >= 15 is 0 Å².